The first kappa shape index (κ1) is 17.6. The van der Waals surface area contributed by atoms with Crippen LogP contribution in [0.15, 0.2) is 40.5 Å². The maximum atomic E-state index is 11.6. The van der Waals surface area contributed by atoms with E-state index in [-0.39, 0.29) is 11.7 Å². The fourth-order valence-corrected chi connectivity index (χ4v) is 1.88. The molecule has 0 bridgehead atoms. The normalized spacial score (nSPS) is 10.2. The molecular formula is C18H22N2O4. The number of nitrogens with zero attached hydrogens (tertiary/aromatic N) is 1. The number of carbonyl (C=O) groups is 1. The summed E-state index contributed by atoms with van der Waals surface area (Å²) in [5, 5.41) is 3.01. The molecule has 0 amide bonds. The molecule has 0 saturated carbocycles. The summed E-state index contributed by atoms with van der Waals surface area (Å²) < 4.78 is 15.9. The molecule has 6 heteroatoms. The predicted molar refractivity (Wildman–Crippen MR) is 91.8 cm³/mol. The highest BCUT2D eigenvalue weighted by atomic mass is 16.5. The molecular weight excluding hydrogens is 308 g/mol. The van der Waals surface area contributed by atoms with Crippen molar-refractivity contribution in [3.63, 3.8) is 0 Å². The average molecular weight is 330 g/mol. The van der Waals surface area contributed by atoms with Crippen LogP contribution in [0, 0.1) is 6.92 Å². The Balaban J connectivity index is 2.07. The van der Waals surface area contributed by atoms with Gasteiger partial charge in [-0.25, -0.2) is 4.79 Å². The summed E-state index contributed by atoms with van der Waals surface area (Å²) in [6.07, 6.45) is 3.28. The molecule has 1 heterocycles. The number of oxazole rings is 1. The fraction of sp³-hybridized carbons (Fsp3) is 0.333. The molecule has 0 aliphatic rings. The maximum Gasteiger partial charge on any atom is 0.360 e. The Bertz CT molecular complexity index is 730. The number of anilines is 2. The Kier molecular flexibility index (Phi) is 6.01. The molecule has 2 rings (SSSR count). The van der Waals surface area contributed by atoms with Gasteiger partial charge in [-0.1, -0.05) is 11.6 Å². The van der Waals surface area contributed by atoms with Crippen LogP contribution in [0.3, 0.4) is 0 Å². The largest absolute Gasteiger partial charge is 0.489 e. The van der Waals surface area contributed by atoms with Crippen LogP contribution in [-0.2, 0) is 4.74 Å². The molecule has 0 fully saturated rings. The summed E-state index contributed by atoms with van der Waals surface area (Å²) in [5.41, 5.74) is 3.12. The van der Waals surface area contributed by atoms with Gasteiger partial charge in [0, 0.05) is 11.8 Å². The molecule has 6 nitrogen and oxygen atoms in total. The SMILES string of the molecule is CCOC(=O)c1coc(Nc2ccc(C)c(OCC=C(C)C)c2)n1. The number of aryl methyl sites for hydroxylation is 1. The predicted octanol–water partition coefficient (Wildman–Crippen LogP) is 4.25. The van der Waals surface area contributed by atoms with Crippen molar-refractivity contribution in [3.8, 4) is 5.75 Å². The third-order valence-electron chi connectivity index (χ3n) is 3.16. The smallest absolute Gasteiger partial charge is 0.360 e. The van der Waals surface area contributed by atoms with E-state index in [2.05, 4.69) is 10.3 Å². The van der Waals surface area contributed by atoms with E-state index in [9.17, 15) is 4.79 Å². The number of ether oxygens (including phenoxy) is 2. The highest BCUT2D eigenvalue weighted by Crippen LogP contribution is 2.25. The molecule has 0 atom stereocenters. The molecule has 2 aromatic rings. The number of benzene rings is 1. The van der Waals surface area contributed by atoms with E-state index in [1.807, 2.05) is 45.0 Å². The molecule has 1 N–H and O–H groups in total. The zero-order valence-corrected chi connectivity index (χ0v) is 14.4. The van der Waals surface area contributed by atoms with Crippen LogP contribution in [0.2, 0.25) is 0 Å². The van der Waals surface area contributed by atoms with Crippen molar-refractivity contribution < 1.29 is 18.7 Å². The highest BCUT2D eigenvalue weighted by Gasteiger charge is 2.13. The van der Waals surface area contributed by atoms with Crippen LogP contribution in [0.4, 0.5) is 11.7 Å². The number of aromatic nitrogens is 1. The number of rotatable bonds is 7. The third kappa shape index (κ3) is 4.87. The van der Waals surface area contributed by atoms with Gasteiger partial charge in [-0.3, -0.25) is 0 Å². The molecule has 0 spiro atoms. The van der Waals surface area contributed by atoms with Crippen LogP contribution in [0.25, 0.3) is 0 Å². The summed E-state index contributed by atoms with van der Waals surface area (Å²) in [6, 6.07) is 5.91. The number of hydrogen-bond acceptors (Lipinski definition) is 6. The molecule has 1 aromatic heterocycles. The van der Waals surface area contributed by atoms with E-state index in [0.29, 0.717) is 13.2 Å². The number of nitrogens with one attached hydrogen (secondary N) is 1. The van der Waals surface area contributed by atoms with E-state index in [4.69, 9.17) is 13.9 Å². The number of esters is 1. The zero-order chi connectivity index (χ0) is 17.5. The van der Waals surface area contributed by atoms with Gasteiger partial charge in [-0.15, -0.1) is 0 Å². The molecule has 0 saturated heterocycles. The molecule has 24 heavy (non-hydrogen) atoms. The van der Waals surface area contributed by atoms with Gasteiger partial charge in [0.15, 0.2) is 5.69 Å². The van der Waals surface area contributed by atoms with Gasteiger partial charge in [0.2, 0.25) is 0 Å². The minimum atomic E-state index is -0.510. The van der Waals surface area contributed by atoms with Crippen LogP contribution in [0.1, 0.15) is 36.8 Å². The van der Waals surface area contributed by atoms with E-state index in [1.54, 1.807) is 6.92 Å². The van der Waals surface area contributed by atoms with E-state index in [1.165, 1.54) is 11.8 Å². The van der Waals surface area contributed by atoms with E-state index in [0.717, 1.165) is 17.0 Å². The van der Waals surface area contributed by atoms with E-state index < -0.39 is 5.97 Å². The number of carbonyl (C=O) groups excluding carboxylic acids is 1. The lowest BCUT2D eigenvalue weighted by atomic mass is 10.2. The Morgan fingerprint density at radius 1 is 1.38 bits per heavy atom. The summed E-state index contributed by atoms with van der Waals surface area (Å²) >= 11 is 0. The van der Waals surface area contributed by atoms with Gasteiger partial charge >= 0.3 is 5.97 Å². The van der Waals surface area contributed by atoms with Crippen molar-refractivity contribution in [2.24, 2.45) is 0 Å². The standard InChI is InChI=1S/C18H22N2O4/c1-5-22-17(21)15-11-24-18(20-15)19-14-7-6-13(4)16(10-14)23-9-8-12(2)3/h6-8,10-11H,5,9H2,1-4H3,(H,19,20). The molecule has 0 radical (unpaired) electrons. The lowest BCUT2D eigenvalue weighted by Gasteiger charge is -2.10. The van der Waals surface area contributed by atoms with Crippen LogP contribution < -0.4 is 10.1 Å². The zero-order valence-electron chi connectivity index (χ0n) is 14.4. The van der Waals surface area contributed by atoms with Gasteiger partial charge in [-0.2, -0.15) is 4.98 Å². The van der Waals surface area contributed by atoms with Gasteiger partial charge in [-0.05, 0) is 45.4 Å². The van der Waals surface area contributed by atoms with Gasteiger partial charge in [0.1, 0.15) is 18.6 Å². The van der Waals surface area contributed by atoms with Crippen molar-refractivity contribution >= 4 is 17.7 Å². The Hall–Kier alpha value is -2.76. The second kappa shape index (κ2) is 8.19. The summed E-state index contributed by atoms with van der Waals surface area (Å²) in [6.45, 7) is 8.57. The molecule has 0 aliphatic heterocycles. The lowest BCUT2D eigenvalue weighted by Crippen LogP contribution is -2.05. The van der Waals surface area contributed by atoms with Crippen molar-refractivity contribution in [1.29, 1.82) is 0 Å². The number of hydrogen-bond donors (Lipinski definition) is 1. The molecule has 0 aliphatic carbocycles. The molecule has 128 valence electrons. The van der Waals surface area contributed by atoms with Gasteiger partial charge < -0.3 is 19.2 Å². The highest BCUT2D eigenvalue weighted by molar-refractivity contribution is 5.87. The van der Waals surface area contributed by atoms with Crippen molar-refractivity contribution in [2.75, 3.05) is 18.5 Å². The topological polar surface area (TPSA) is 73.6 Å². The number of allylic oxidation sites excluding steroid dienone is 1. The summed E-state index contributed by atoms with van der Waals surface area (Å²) in [4.78, 5) is 15.6. The van der Waals surface area contributed by atoms with Gasteiger partial charge in [0.05, 0.1) is 6.61 Å². The van der Waals surface area contributed by atoms with Gasteiger partial charge in [0.25, 0.3) is 6.01 Å². The Labute approximate surface area is 141 Å². The van der Waals surface area contributed by atoms with Crippen molar-refractivity contribution in [3.05, 3.63) is 47.4 Å². The first-order valence-electron chi connectivity index (χ1n) is 7.76. The quantitative estimate of drug-likeness (QED) is 0.604. The summed E-state index contributed by atoms with van der Waals surface area (Å²) in [5.74, 6) is 0.263. The first-order valence-corrected chi connectivity index (χ1v) is 7.76. The van der Waals surface area contributed by atoms with Crippen molar-refractivity contribution in [2.45, 2.75) is 27.7 Å². The molecule has 0 unspecified atom stereocenters. The second-order valence-electron chi connectivity index (χ2n) is 5.46. The maximum absolute atomic E-state index is 11.6. The van der Waals surface area contributed by atoms with Crippen molar-refractivity contribution in [1.82, 2.24) is 4.98 Å². The monoisotopic (exact) mass is 330 g/mol. The third-order valence-corrected chi connectivity index (χ3v) is 3.16. The Morgan fingerprint density at radius 2 is 2.17 bits per heavy atom. The average Bonchev–Trinajstić information content (AvgIpc) is 2.99. The second-order valence-corrected chi connectivity index (χ2v) is 5.46. The van der Waals surface area contributed by atoms with Crippen LogP contribution >= 0.6 is 0 Å². The summed E-state index contributed by atoms with van der Waals surface area (Å²) in [7, 11) is 0. The molecule has 1 aromatic carbocycles. The Morgan fingerprint density at radius 3 is 2.88 bits per heavy atom. The van der Waals surface area contributed by atoms with Crippen LogP contribution in [0.5, 0.6) is 5.75 Å². The fourth-order valence-electron chi connectivity index (χ4n) is 1.88. The first-order chi connectivity index (χ1) is 11.5. The minimum Gasteiger partial charge on any atom is -0.489 e. The van der Waals surface area contributed by atoms with E-state index >= 15 is 0 Å². The minimum absolute atomic E-state index is 0.131. The lowest BCUT2D eigenvalue weighted by molar-refractivity contribution is 0.0519. The van der Waals surface area contributed by atoms with Crippen LogP contribution in [-0.4, -0.2) is 24.2 Å².